The number of nitrogens with one attached hydrogen (secondary N) is 1. The van der Waals surface area contributed by atoms with Gasteiger partial charge in [-0.3, -0.25) is 4.79 Å². The van der Waals surface area contributed by atoms with Gasteiger partial charge in [-0.05, 0) is 44.6 Å². The van der Waals surface area contributed by atoms with E-state index in [0.717, 1.165) is 4.88 Å². The third-order valence-electron chi connectivity index (χ3n) is 3.51. The van der Waals surface area contributed by atoms with Gasteiger partial charge in [0.2, 0.25) is 10.0 Å². The predicted octanol–water partition coefficient (Wildman–Crippen LogP) is 2.53. The molecular formula is C16H20N2O3S2. The quantitative estimate of drug-likeness (QED) is 0.778. The van der Waals surface area contributed by atoms with Gasteiger partial charge in [0.15, 0.2) is 5.78 Å². The molecule has 0 spiro atoms. The first kappa shape index (κ1) is 17.8. The van der Waals surface area contributed by atoms with Gasteiger partial charge in [0.1, 0.15) is 0 Å². The third kappa shape index (κ3) is 4.48. The Hall–Kier alpha value is -1.54. The normalized spacial score (nSPS) is 13.2. The molecule has 0 aliphatic heterocycles. The highest BCUT2D eigenvalue weighted by Crippen LogP contribution is 2.23. The van der Waals surface area contributed by atoms with Gasteiger partial charge in [-0.1, -0.05) is 18.2 Å². The van der Waals surface area contributed by atoms with Gasteiger partial charge in [-0.2, -0.15) is 0 Å². The number of nitrogens with zero attached hydrogens (tertiary/aromatic N) is 1. The zero-order valence-corrected chi connectivity index (χ0v) is 14.9. The summed E-state index contributed by atoms with van der Waals surface area (Å²) >= 11 is 1.59. The molecule has 0 amide bonds. The van der Waals surface area contributed by atoms with Crippen molar-refractivity contribution in [1.82, 2.24) is 9.62 Å². The summed E-state index contributed by atoms with van der Waals surface area (Å²) in [5.74, 6) is -0.160. The Bertz CT molecular complexity index is 768. The number of carbonyl (C=O) groups is 1. The Morgan fingerprint density at radius 2 is 2.00 bits per heavy atom. The van der Waals surface area contributed by atoms with Crippen LogP contribution in [0, 0.1) is 0 Å². The minimum Gasteiger partial charge on any atom is -0.300 e. The largest absolute Gasteiger partial charge is 0.300 e. The SMILES string of the molecule is CC(=O)c1cccc(S(=O)(=O)NCC(c2cccs2)N(C)C)c1. The molecule has 0 fully saturated rings. The number of sulfonamides is 1. The summed E-state index contributed by atoms with van der Waals surface area (Å²) in [4.78, 5) is 14.6. The summed E-state index contributed by atoms with van der Waals surface area (Å²) in [6, 6.07) is 9.97. The Labute approximate surface area is 141 Å². The van der Waals surface area contributed by atoms with Gasteiger partial charge in [-0.15, -0.1) is 11.3 Å². The van der Waals surface area contributed by atoms with Crippen molar-refractivity contribution in [3.05, 3.63) is 52.2 Å². The first-order valence-corrected chi connectivity index (χ1v) is 9.48. The number of thiophene rings is 1. The van der Waals surface area contributed by atoms with E-state index < -0.39 is 10.0 Å². The summed E-state index contributed by atoms with van der Waals surface area (Å²) in [7, 11) is 0.163. The fraction of sp³-hybridized carbons (Fsp3) is 0.312. The number of hydrogen-bond acceptors (Lipinski definition) is 5. The summed E-state index contributed by atoms with van der Waals surface area (Å²) in [6.07, 6.45) is 0. The minimum atomic E-state index is -3.66. The van der Waals surface area contributed by atoms with E-state index in [4.69, 9.17) is 0 Å². The van der Waals surface area contributed by atoms with Crippen LogP contribution in [0.5, 0.6) is 0 Å². The van der Waals surface area contributed by atoms with Gasteiger partial charge in [-0.25, -0.2) is 13.1 Å². The highest BCUT2D eigenvalue weighted by molar-refractivity contribution is 7.89. The second-order valence-electron chi connectivity index (χ2n) is 5.43. The molecule has 1 heterocycles. The standard InChI is InChI=1S/C16H20N2O3S2/c1-12(19)13-6-4-7-14(10-13)23(20,21)17-11-15(18(2)3)16-8-5-9-22-16/h4-10,15,17H,11H2,1-3H3. The second kappa shape index (κ2) is 7.35. The van der Waals surface area contributed by atoms with Gasteiger partial charge >= 0.3 is 0 Å². The van der Waals surface area contributed by atoms with E-state index in [-0.39, 0.29) is 23.3 Å². The van der Waals surface area contributed by atoms with Crippen molar-refractivity contribution >= 4 is 27.1 Å². The lowest BCUT2D eigenvalue weighted by molar-refractivity contribution is 0.101. The molecule has 1 aromatic heterocycles. The second-order valence-corrected chi connectivity index (χ2v) is 8.18. The van der Waals surface area contributed by atoms with Crippen molar-refractivity contribution in [3.63, 3.8) is 0 Å². The molecule has 0 saturated heterocycles. The number of benzene rings is 1. The number of Topliss-reactive ketones (excluding diaryl/α,β-unsaturated/α-hetero) is 1. The fourth-order valence-electron chi connectivity index (χ4n) is 2.17. The molecule has 1 aromatic carbocycles. The maximum absolute atomic E-state index is 12.5. The fourth-order valence-corrected chi connectivity index (χ4v) is 4.18. The molecule has 1 N–H and O–H groups in total. The molecule has 0 radical (unpaired) electrons. The summed E-state index contributed by atoms with van der Waals surface area (Å²) < 4.78 is 27.6. The Morgan fingerprint density at radius 1 is 1.26 bits per heavy atom. The maximum Gasteiger partial charge on any atom is 0.240 e. The van der Waals surface area contributed by atoms with Crippen molar-refractivity contribution in [2.24, 2.45) is 0 Å². The summed E-state index contributed by atoms with van der Waals surface area (Å²) in [5.41, 5.74) is 0.385. The third-order valence-corrected chi connectivity index (χ3v) is 5.91. The number of ketones is 1. The van der Waals surface area contributed by atoms with Gasteiger partial charge in [0.05, 0.1) is 10.9 Å². The highest BCUT2D eigenvalue weighted by atomic mass is 32.2. The first-order valence-electron chi connectivity index (χ1n) is 7.12. The number of hydrogen-bond donors (Lipinski definition) is 1. The topological polar surface area (TPSA) is 66.5 Å². The van der Waals surface area contributed by atoms with Crippen LogP contribution >= 0.6 is 11.3 Å². The van der Waals surface area contributed by atoms with Crippen molar-refractivity contribution < 1.29 is 13.2 Å². The average molecular weight is 352 g/mol. The van der Waals surface area contributed by atoms with Crippen LogP contribution in [0.3, 0.4) is 0 Å². The van der Waals surface area contributed by atoms with Crippen LogP contribution in [0.2, 0.25) is 0 Å². The molecule has 2 aromatic rings. The molecule has 0 aliphatic carbocycles. The van der Waals surface area contributed by atoms with Crippen LogP contribution in [0.4, 0.5) is 0 Å². The lowest BCUT2D eigenvalue weighted by atomic mass is 10.2. The zero-order chi connectivity index (χ0) is 17.0. The predicted molar refractivity (Wildman–Crippen MR) is 92.4 cm³/mol. The highest BCUT2D eigenvalue weighted by Gasteiger charge is 2.20. The maximum atomic E-state index is 12.5. The molecule has 124 valence electrons. The minimum absolute atomic E-state index is 0.0410. The van der Waals surface area contributed by atoms with E-state index in [1.165, 1.54) is 19.1 Å². The van der Waals surface area contributed by atoms with Crippen LogP contribution in [0.1, 0.15) is 28.2 Å². The number of carbonyl (C=O) groups excluding carboxylic acids is 1. The molecule has 0 saturated carbocycles. The molecule has 1 unspecified atom stereocenters. The van der Waals surface area contributed by atoms with Crippen LogP contribution in [0.15, 0.2) is 46.7 Å². The Morgan fingerprint density at radius 3 is 2.57 bits per heavy atom. The summed E-state index contributed by atoms with van der Waals surface area (Å²) in [5, 5.41) is 1.97. The lowest BCUT2D eigenvalue weighted by Crippen LogP contribution is -2.34. The summed E-state index contributed by atoms with van der Waals surface area (Å²) in [6.45, 7) is 1.68. The molecule has 0 aliphatic rings. The van der Waals surface area contributed by atoms with E-state index in [2.05, 4.69) is 4.72 Å². The van der Waals surface area contributed by atoms with Crippen molar-refractivity contribution in [3.8, 4) is 0 Å². The molecular weight excluding hydrogens is 332 g/mol. The van der Waals surface area contributed by atoms with Crippen molar-refractivity contribution in [2.75, 3.05) is 20.6 Å². The van der Waals surface area contributed by atoms with Crippen molar-refractivity contribution in [1.29, 1.82) is 0 Å². The van der Waals surface area contributed by atoms with Gasteiger partial charge in [0.25, 0.3) is 0 Å². The smallest absolute Gasteiger partial charge is 0.240 e. The van der Waals surface area contributed by atoms with E-state index in [1.807, 2.05) is 36.5 Å². The average Bonchev–Trinajstić information content (AvgIpc) is 3.01. The first-order chi connectivity index (χ1) is 10.8. The Kier molecular flexibility index (Phi) is 5.69. The van der Waals surface area contributed by atoms with Crippen LogP contribution in [-0.2, 0) is 10.0 Å². The molecule has 0 bridgehead atoms. The molecule has 7 heteroatoms. The van der Waals surface area contributed by atoms with Gasteiger partial charge in [0, 0.05) is 17.0 Å². The molecule has 23 heavy (non-hydrogen) atoms. The molecule has 1 atom stereocenters. The van der Waals surface area contributed by atoms with E-state index in [0.29, 0.717) is 5.56 Å². The number of likely N-dealkylation sites (N-methyl/N-ethyl adjacent to an activating group) is 1. The van der Waals surface area contributed by atoms with E-state index in [1.54, 1.807) is 23.5 Å². The molecule has 2 rings (SSSR count). The van der Waals surface area contributed by atoms with Crippen molar-refractivity contribution in [2.45, 2.75) is 17.9 Å². The van der Waals surface area contributed by atoms with Crippen LogP contribution < -0.4 is 4.72 Å². The zero-order valence-electron chi connectivity index (χ0n) is 13.3. The monoisotopic (exact) mass is 352 g/mol. The Balaban J connectivity index is 2.18. The van der Waals surface area contributed by atoms with E-state index >= 15 is 0 Å². The molecule has 5 nitrogen and oxygen atoms in total. The van der Waals surface area contributed by atoms with Crippen LogP contribution in [0.25, 0.3) is 0 Å². The lowest BCUT2D eigenvalue weighted by Gasteiger charge is -2.23. The van der Waals surface area contributed by atoms with Gasteiger partial charge < -0.3 is 4.90 Å². The van der Waals surface area contributed by atoms with Crippen LogP contribution in [-0.4, -0.2) is 39.7 Å². The number of rotatable bonds is 7. The van der Waals surface area contributed by atoms with E-state index in [9.17, 15) is 13.2 Å².